The molecule has 5 heteroatoms. The van der Waals surface area contributed by atoms with E-state index >= 15 is 0 Å². The summed E-state index contributed by atoms with van der Waals surface area (Å²) in [7, 11) is 0. The summed E-state index contributed by atoms with van der Waals surface area (Å²) in [5.74, 6) is -1.22. The zero-order valence-corrected chi connectivity index (χ0v) is 13.4. The minimum atomic E-state index is -1.02. The second-order valence-electron chi connectivity index (χ2n) is 6.79. The monoisotopic (exact) mass is 304 g/mol. The number of carbonyl (C=O) groups is 2. The molecule has 120 valence electrons. The minimum Gasteiger partial charge on any atom is -0.478 e. The van der Waals surface area contributed by atoms with Crippen LogP contribution in [0.3, 0.4) is 0 Å². The van der Waals surface area contributed by atoms with Crippen LogP contribution >= 0.6 is 0 Å². The summed E-state index contributed by atoms with van der Waals surface area (Å²) in [6.07, 6.45) is 1.84. The van der Waals surface area contributed by atoms with Gasteiger partial charge in [-0.05, 0) is 51.8 Å². The van der Waals surface area contributed by atoms with E-state index < -0.39 is 5.97 Å². The third kappa shape index (κ3) is 4.07. The number of amides is 1. The Kier molecular flexibility index (Phi) is 4.86. The first-order valence-corrected chi connectivity index (χ1v) is 7.66. The molecule has 0 atom stereocenters. The summed E-state index contributed by atoms with van der Waals surface area (Å²) in [5, 5.41) is 12.0. The molecule has 1 saturated heterocycles. The summed E-state index contributed by atoms with van der Waals surface area (Å²) in [5.41, 5.74) is 0.693. The first-order chi connectivity index (χ1) is 10.3. The maximum Gasteiger partial charge on any atom is 0.335 e. The molecule has 1 aromatic carbocycles. The molecule has 0 saturated carbocycles. The summed E-state index contributed by atoms with van der Waals surface area (Å²) < 4.78 is 0. The SMILES string of the molecule is CC(C)(C)N1CCC(NC(=O)c2cccc(C(=O)O)c2)CC1. The highest BCUT2D eigenvalue weighted by Crippen LogP contribution is 2.20. The molecule has 1 aromatic rings. The van der Waals surface area contributed by atoms with Crippen LogP contribution in [0.25, 0.3) is 0 Å². The van der Waals surface area contributed by atoms with Crippen LogP contribution in [-0.2, 0) is 0 Å². The molecule has 1 amide bonds. The van der Waals surface area contributed by atoms with Crippen molar-refractivity contribution in [1.82, 2.24) is 10.2 Å². The molecule has 1 heterocycles. The number of nitrogens with one attached hydrogen (secondary N) is 1. The predicted molar refractivity (Wildman–Crippen MR) is 85.2 cm³/mol. The second kappa shape index (κ2) is 6.48. The zero-order valence-electron chi connectivity index (χ0n) is 13.4. The van der Waals surface area contributed by atoms with Gasteiger partial charge in [-0.2, -0.15) is 0 Å². The Bertz CT molecular complexity index is 555. The molecule has 5 nitrogen and oxygen atoms in total. The lowest BCUT2D eigenvalue weighted by Crippen LogP contribution is -2.50. The van der Waals surface area contributed by atoms with Crippen molar-refractivity contribution >= 4 is 11.9 Å². The fraction of sp³-hybridized carbons (Fsp3) is 0.529. The fourth-order valence-corrected chi connectivity index (χ4v) is 2.76. The lowest BCUT2D eigenvalue weighted by atomic mass is 9.98. The van der Waals surface area contributed by atoms with Crippen molar-refractivity contribution in [3.05, 3.63) is 35.4 Å². The van der Waals surface area contributed by atoms with Crippen LogP contribution in [0.5, 0.6) is 0 Å². The van der Waals surface area contributed by atoms with Gasteiger partial charge in [-0.15, -0.1) is 0 Å². The Hall–Kier alpha value is -1.88. The summed E-state index contributed by atoms with van der Waals surface area (Å²) in [6.45, 7) is 8.52. The molecule has 1 fully saturated rings. The van der Waals surface area contributed by atoms with Gasteiger partial charge in [0.2, 0.25) is 0 Å². The number of piperidine rings is 1. The predicted octanol–water partition coefficient (Wildman–Crippen LogP) is 2.38. The van der Waals surface area contributed by atoms with Gasteiger partial charge in [0, 0.05) is 30.2 Å². The number of carboxylic acids is 1. The Morgan fingerprint density at radius 2 is 1.77 bits per heavy atom. The first kappa shape index (κ1) is 16.5. The van der Waals surface area contributed by atoms with Crippen molar-refractivity contribution < 1.29 is 14.7 Å². The quantitative estimate of drug-likeness (QED) is 0.899. The molecular formula is C17H24N2O3. The largest absolute Gasteiger partial charge is 0.478 e. The van der Waals surface area contributed by atoms with E-state index in [1.165, 1.54) is 12.1 Å². The highest BCUT2D eigenvalue weighted by molar-refractivity contribution is 5.97. The van der Waals surface area contributed by atoms with E-state index in [-0.39, 0.29) is 23.1 Å². The van der Waals surface area contributed by atoms with Gasteiger partial charge in [0.05, 0.1) is 5.56 Å². The lowest BCUT2D eigenvalue weighted by Gasteiger charge is -2.41. The summed E-state index contributed by atoms with van der Waals surface area (Å²) >= 11 is 0. The van der Waals surface area contributed by atoms with Crippen molar-refractivity contribution in [3.63, 3.8) is 0 Å². The molecule has 0 aromatic heterocycles. The summed E-state index contributed by atoms with van der Waals surface area (Å²) in [6, 6.07) is 6.30. The number of hydrogen-bond donors (Lipinski definition) is 2. The highest BCUT2D eigenvalue weighted by Gasteiger charge is 2.27. The number of hydrogen-bond acceptors (Lipinski definition) is 3. The van der Waals surface area contributed by atoms with Crippen LogP contribution in [0, 0.1) is 0 Å². The van der Waals surface area contributed by atoms with E-state index in [4.69, 9.17) is 5.11 Å². The molecule has 2 N–H and O–H groups in total. The molecule has 1 aliphatic rings. The van der Waals surface area contributed by atoms with Gasteiger partial charge in [-0.3, -0.25) is 9.69 Å². The number of carboxylic acid groups (broad SMARTS) is 1. The third-order valence-electron chi connectivity index (χ3n) is 4.15. The van der Waals surface area contributed by atoms with Crippen molar-refractivity contribution in [2.45, 2.75) is 45.2 Å². The third-order valence-corrected chi connectivity index (χ3v) is 4.15. The number of benzene rings is 1. The zero-order chi connectivity index (χ0) is 16.3. The Morgan fingerprint density at radius 3 is 2.32 bits per heavy atom. The molecule has 2 rings (SSSR count). The van der Waals surface area contributed by atoms with Gasteiger partial charge in [-0.1, -0.05) is 6.07 Å². The second-order valence-corrected chi connectivity index (χ2v) is 6.79. The van der Waals surface area contributed by atoms with Crippen molar-refractivity contribution in [2.75, 3.05) is 13.1 Å². The van der Waals surface area contributed by atoms with E-state index in [1.807, 2.05) is 0 Å². The molecule has 0 spiro atoms. The Morgan fingerprint density at radius 1 is 1.18 bits per heavy atom. The number of nitrogens with zero attached hydrogens (tertiary/aromatic N) is 1. The average molecular weight is 304 g/mol. The molecule has 1 aliphatic heterocycles. The normalized spacial score (nSPS) is 17.2. The molecule has 0 aliphatic carbocycles. The lowest BCUT2D eigenvalue weighted by molar-refractivity contribution is 0.0697. The van der Waals surface area contributed by atoms with Gasteiger partial charge in [0.1, 0.15) is 0 Å². The van der Waals surface area contributed by atoms with Crippen molar-refractivity contribution in [3.8, 4) is 0 Å². The number of likely N-dealkylation sites (tertiary alicyclic amines) is 1. The van der Waals surface area contributed by atoms with E-state index in [2.05, 4.69) is 31.0 Å². The van der Waals surface area contributed by atoms with E-state index in [9.17, 15) is 9.59 Å². The van der Waals surface area contributed by atoms with Crippen LogP contribution < -0.4 is 5.32 Å². The van der Waals surface area contributed by atoms with Gasteiger partial charge in [0.15, 0.2) is 0 Å². The molecule has 0 unspecified atom stereocenters. The van der Waals surface area contributed by atoms with Crippen molar-refractivity contribution in [2.24, 2.45) is 0 Å². The highest BCUT2D eigenvalue weighted by atomic mass is 16.4. The van der Waals surface area contributed by atoms with Gasteiger partial charge in [0.25, 0.3) is 5.91 Å². The maximum absolute atomic E-state index is 12.2. The van der Waals surface area contributed by atoms with Crippen molar-refractivity contribution in [1.29, 1.82) is 0 Å². The standard InChI is InChI=1S/C17H24N2O3/c1-17(2,3)19-9-7-14(8-10-19)18-15(20)12-5-4-6-13(11-12)16(21)22/h4-6,11,14H,7-10H2,1-3H3,(H,18,20)(H,21,22). The minimum absolute atomic E-state index is 0.134. The topological polar surface area (TPSA) is 69.6 Å². The van der Waals surface area contributed by atoms with Crippen LogP contribution in [-0.4, -0.2) is 46.6 Å². The van der Waals surface area contributed by atoms with Gasteiger partial charge < -0.3 is 10.4 Å². The Balaban J connectivity index is 1.94. The van der Waals surface area contributed by atoms with Gasteiger partial charge in [-0.25, -0.2) is 4.79 Å². The maximum atomic E-state index is 12.2. The molecule has 0 bridgehead atoms. The number of aromatic carboxylic acids is 1. The van der Waals surface area contributed by atoms with Crippen LogP contribution in [0.1, 0.15) is 54.3 Å². The van der Waals surface area contributed by atoms with E-state index in [0.29, 0.717) is 5.56 Å². The first-order valence-electron chi connectivity index (χ1n) is 7.66. The van der Waals surface area contributed by atoms with Gasteiger partial charge >= 0.3 is 5.97 Å². The van der Waals surface area contributed by atoms with Crippen LogP contribution in [0.2, 0.25) is 0 Å². The van der Waals surface area contributed by atoms with Crippen LogP contribution in [0.15, 0.2) is 24.3 Å². The smallest absolute Gasteiger partial charge is 0.335 e. The number of carbonyl (C=O) groups excluding carboxylic acids is 1. The molecule has 22 heavy (non-hydrogen) atoms. The molecule has 0 radical (unpaired) electrons. The average Bonchev–Trinajstić information content (AvgIpc) is 2.47. The number of rotatable bonds is 3. The fourth-order valence-electron chi connectivity index (χ4n) is 2.76. The molecular weight excluding hydrogens is 280 g/mol. The Labute approximate surface area is 131 Å². The summed E-state index contributed by atoms with van der Waals surface area (Å²) in [4.78, 5) is 25.6. The van der Waals surface area contributed by atoms with Crippen LogP contribution in [0.4, 0.5) is 0 Å². The van der Waals surface area contributed by atoms with E-state index in [1.54, 1.807) is 12.1 Å². The van der Waals surface area contributed by atoms with E-state index in [0.717, 1.165) is 25.9 Å².